The molecule has 140 valence electrons. The number of fused-ring (bicyclic) bond motifs is 2. The van der Waals surface area contributed by atoms with Crippen molar-refractivity contribution in [2.45, 2.75) is 38.5 Å². The molecular weight excluding hydrogens is 336 g/mol. The van der Waals surface area contributed by atoms with Crippen molar-refractivity contribution < 1.29 is 24.2 Å². The van der Waals surface area contributed by atoms with Gasteiger partial charge in [-0.15, -0.1) is 0 Å². The summed E-state index contributed by atoms with van der Waals surface area (Å²) in [7, 11) is 1.53. The Labute approximate surface area is 152 Å². The highest BCUT2D eigenvalue weighted by Crippen LogP contribution is 2.37. The summed E-state index contributed by atoms with van der Waals surface area (Å²) in [5, 5.41) is 11.0. The van der Waals surface area contributed by atoms with E-state index in [9.17, 15) is 14.7 Å². The number of nitrogens with zero attached hydrogens (tertiary/aromatic N) is 2. The number of ether oxygens (including phenoxy) is 2. The van der Waals surface area contributed by atoms with Gasteiger partial charge in [0.2, 0.25) is 0 Å². The number of carbonyl (C=O) groups is 2. The van der Waals surface area contributed by atoms with Gasteiger partial charge in [-0.25, -0.2) is 9.69 Å². The van der Waals surface area contributed by atoms with Crippen LogP contribution in [0.2, 0.25) is 0 Å². The summed E-state index contributed by atoms with van der Waals surface area (Å²) in [4.78, 5) is 28.6. The smallest absolute Gasteiger partial charge is 0.416 e. The van der Waals surface area contributed by atoms with Crippen molar-refractivity contribution in [3.63, 3.8) is 0 Å². The van der Waals surface area contributed by atoms with Crippen LogP contribution in [0.1, 0.15) is 35.2 Å². The maximum absolute atomic E-state index is 13.1. The number of benzene rings is 1. The predicted octanol–water partition coefficient (Wildman–Crippen LogP) is 2.46. The van der Waals surface area contributed by atoms with Gasteiger partial charge in [0.05, 0.1) is 24.4 Å². The molecule has 1 saturated heterocycles. The average Bonchev–Trinajstić information content (AvgIpc) is 2.73. The summed E-state index contributed by atoms with van der Waals surface area (Å²) in [5.41, 5.74) is 1.42. The highest BCUT2D eigenvalue weighted by molar-refractivity contribution is 6.05. The largest absolute Gasteiger partial charge is 0.496 e. The first kappa shape index (κ1) is 18.3. The number of piperidine rings is 1. The Kier molecular flexibility index (Phi) is 5.18. The summed E-state index contributed by atoms with van der Waals surface area (Å²) in [6, 6.07) is 2.85. The molecule has 0 radical (unpaired) electrons. The van der Waals surface area contributed by atoms with Crippen molar-refractivity contribution in [2.24, 2.45) is 0 Å². The summed E-state index contributed by atoms with van der Waals surface area (Å²) in [5.74, 6) is 0.350. The fourth-order valence-corrected chi connectivity index (χ4v) is 3.66. The monoisotopic (exact) mass is 360 g/mol. The summed E-state index contributed by atoms with van der Waals surface area (Å²) in [6.07, 6.45) is 1.96. The zero-order valence-corrected chi connectivity index (χ0v) is 15.1. The third kappa shape index (κ3) is 3.03. The molecule has 3 rings (SSSR count). The van der Waals surface area contributed by atoms with E-state index in [1.54, 1.807) is 17.0 Å². The Morgan fingerprint density at radius 1 is 1.42 bits per heavy atom. The molecule has 2 aliphatic rings. The third-order valence-electron chi connectivity index (χ3n) is 4.94. The van der Waals surface area contributed by atoms with Gasteiger partial charge in [-0.1, -0.05) is 12.7 Å². The van der Waals surface area contributed by atoms with Crippen LogP contribution in [0.25, 0.3) is 0 Å². The second-order valence-electron chi connectivity index (χ2n) is 6.55. The van der Waals surface area contributed by atoms with Crippen LogP contribution in [0.4, 0.5) is 10.5 Å². The zero-order valence-electron chi connectivity index (χ0n) is 15.1. The zero-order chi connectivity index (χ0) is 18.8. The van der Waals surface area contributed by atoms with E-state index in [2.05, 4.69) is 6.58 Å². The van der Waals surface area contributed by atoms with E-state index < -0.39 is 18.4 Å². The van der Waals surface area contributed by atoms with Crippen LogP contribution in [0.5, 0.6) is 5.75 Å². The van der Waals surface area contributed by atoms with Crippen LogP contribution in [0, 0.1) is 6.92 Å². The number of amides is 2. The first-order chi connectivity index (χ1) is 12.5. The van der Waals surface area contributed by atoms with E-state index in [1.807, 2.05) is 6.92 Å². The molecule has 0 aliphatic carbocycles. The van der Waals surface area contributed by atoms with Crippen LogP contribution >= 0.6 is 0 Å². The molecule has 0 bridgehead atoms. The number of hydrogen-bond donors (Lipinski definition) is 1. The number of aliphatic hydroxyl groups excluding tert-OH is 1. The summed E-state index contributed by atoms with van der Waals surface area (Å²) < 4.78 is 10.5. The third-order valence-corrected chi connectivity index (χ3v) is 4.94. The molecule has 2 aliphatic heterocycles. The van der Waals surface area contributed by atoms with Gasteiger partial charge in [0.15, 0.2) is 6.23 Å². The average molecular weight is 360 g/mol. The van der Waals surface area contributed by atoms with Gasteiger partial charge in [0.25, 0.3) is 5.91 Å². The summed E-state index contributed by atoms with van der Waals surface area (Å²) in [6.45, 7) is 5.93. The van der Waals surface area contributed by atoms with Crippen molar-refractivity contribution in [3.05, 3.63) is 35.9 Å². The van der Waals surface area contributed by atoms with E-state index >= 15 is 0 Å². The van der Waals surface area contributed by atoms with Crippen LogP contribution in [-0.2, 0) is 4.74 Å². The Hall–Kier alpha value is -2.54. The van der Waals surface area contributed by atoms with Gasteiger partial charge >= 0.3 is 6.09 Å². The number of rotatable bonds is 3. The molecule has 2 atom stereocenters. The van der Waals surface area contributed by atoms with Gasteiger partial charge in [0.1, 0.15) is 12.4 Å². The van der Waals surface area contributed by atoms with Gasteiger partial charge in [0, 0.05) is 6.54 Å². The summed E-state index contributed by atoms with van der Waals surface area (Å²) >= 11 is 0. The molecule has 0 saturated carbocycles. The van der Waals surface area contributed by atoms with Crippen LogP contribution in [-0.4, -0.2) is 54.5 Å². The Bertz CT molecular complexity index is 733. The van der Waals surface area contributed by atoms with Crippen molar-refractivity contribution in [2.75, 3.05) is 25.2 Å². The standard InChI is InChI=1S/C19H24N2O5/c1-4-9-26-19(24)21-15-10-12(2)16(25-3)11-13(15)17(22)20-8-6-5-7-14(20)18(21)23/h4,10-11,14,18,23H,1,5-9H2,2-3H3/t14-,18?/m0/s1. The Morgan fingerprint density at radius 3 is 2.88 bits per heavy atom. The molecule has 26 heavy (non-hydrogen) atoms. The molecule has 1 aromatic rings. The van der Waals surface area contributed by atoms with Crippen molar-refractivity contribution in [1.82, 2.24) is 4.90 Å². The van der Waals surface area contributed by atoms with E-state index in [0.29, 0.717) is 30.0 Å². The first-order valence-electron chi connectivity index (χ1n) is 8.74. The van der Waals surface area contributed by atoms with Gasteiger partial charge in [-0.3, -0.25) is 4.79 Å². The molecule has 1 fully saturated rings. The first-order valence-corrected chi connectivity index (χ1v) is 8.74. The Morgan fingerprint density at radius 2 is 2.19 bits per heavy atom. The van der Waals surface area contributed by atoms with E-state index in [-0.39, 0.29) is 12.5 Å². The maximum atomic E-state index is 13.1. The highest BCUT2D eigenvalue weighted by atomic mass is 16.6. The second-order valence-corrected chi connectivity index (χ2v) is 6.55. The molecule has 7 heteroatoms. The molecule has 0 spiro atoms. The van der Waals surface area contributed by atoms with Crippen LogP contribution in [0.3, 0.4) is 0 Å². The SMILES string of the molecule is C=CCOC(=O)N1c2cc(C)c(OC)cc2C(=O)N2CCCC[C@H]2C1O. The number of hydrogen-bond acceptors (Lipinski definition) is 5. The number of aryl methyl sites for hydroxylation is 1. The normalized spacial score (nSPS) is 22.2. The minimum Gasteiger partial charge on any atom is -0.496 e. The molecule has 1 N–H and O–H groups in total. The Balaban J connectivity index is 2.15. The lowest BCUT2D eigenvalue weighted by Crippen LogP contribution is -2.55. The number of carbonyl (C=O) groups excluding carboxylic acids is 2. The lowest BCUT2D eigenvalue weighted by atomic mass is 10.0. The number of methoxy groups -OCH3 is 1. The predicted molar refractivity (Wildman–Crippen MR) is 96.4 cm³/mol. The lowest BCUT2D eigenvalue weighted by molar-refractivity contribution is 0.0233. The fourth-order valence-electron chi connectivity index (χ4n) is 3.66. The van der Waals surface area contributed by atoms with Crippen LogP contribution < -0.4 is 9.64 Å². The van der Waals surface area contributed by atoms with E-state index in [4.69, 9.17) is 9.47 Å². The quantitative estimate of drug-likeness (QED) is 0.838. The molecule has 2 heterocycles. The van der Waals surface area contributed by atoms with Crippen molar-refractivity contribution in [3.8, 4) is 5.75 Å². The van der Waals surface area contributed by atoms with Crippen molar-refractivity contribution in [1.29, 1.82) is 0 Å². The van der Waals surface area contributed by atoms with Gasteiger partial charge in [-0.2, -0.15) is 0 Å². The molecule has 7 nitrogen and oxygen atoms in total. The molecular formula is C19H24N2O5. The molecule has 2 amide bonds. The second kappa shape index (κ2) is 7.37. The minimum absolute atomic E-state index is 0.0227. The van der Waals surface area contributed by atoms with E-state index in [1.165, 1.54) is 18.1 Å². The van der Waals surface area contributed by atoms with E-state index in [0.717, 1.165) is 18.4 Å². The molecule has 1 unspecified atom stereocenters. The fraction of sp³-hybridized carbons (Fsp3) is 0.474. The molecule has 0 aromatic heterocycles. The van der Waals surface area contributed by atoms with Gasteiger partial charge in [-0.05, 0) is 43.9 Å². The topological polar surface area (TPSA) is 79.3 Å². The van der Waals surface area contributed by atoms with Crippen molar-refractivity contribution >= 4 is 17.7 Å². The van der Waals surface area contributed by atoms with Crippen LogP contribution in [0.15, 0.2) is 24.8 Å². The number of anilines is 1. The lowest BCUT2D eigenvalue weighted by Gasteiger charge is -2.38. The maximum Gasteiger partial charge on any atom is 0.416 e. The molecule has 1 aromatic carbocycles. The highest BCUT2D eigenvalue weighted by Gasteiger charge is 2.43. The number of aliphatic hydroxyl groups is 1. The minimum atomic E-state index is -1.18. The van der Waals surface area contributed by atoms with Gasteiger partial charge < -0.3 is 19.5 Å².